The van der Waals surface area contributed by atoms with Gasteiger partial charge < -0.3 is 10.6 Å². The highest BCUT2D eigenvalue weighted by atomic mass is 32.1. The van der Waals surface area contributed by atoms with Gasteiger partial charge in [-0.05, 0) is 24.4 Å². The van der Waals surface area contributed by atoms with Crippen LogP contribution in [0.2, 0.25) is 0 Å². The Kier molecular flexibility index (Phi) is 74.1. The van der Waals surface area contributed by atoms with Gasteiger partial charge in [0, 0.05) is 42.3 Å². The Bertz CT molecular complexity index is 350. The molecule has 0 aromatic rings. The quantitative estimate of drug-likeness (QED) is 0.382. The molecule has 22 heavy (non-hydrogen) atoms. The van der Waals surface area contributed by atoms with Crippen LogP contribution in [0.15, 0.2) is 20.0 Å². The molecule has 0 aromatic carbocycles. The molecule has 0 aliphatic heterocycles. The summed E-state index contributed by atoms with van der Waals surface area (Å²) in [5.74, 6) is 0. The van der Waals surface area contributed by atoms with Crippen molar-refractivity contribution < 1.29 is 14.4 Å². The number of nitrogens with one attached hydrogen (secondary N) is 2. The molecule has 11 heteroatoms. The zero-order chi connectivity index (χ0) is 18.6. The van der Waals surface area contributed by atoms with Crippen molar-refractivity contribution in [3.63, 3.8) is 0 Å². The van der Waals surface area contributed by atoms with E-state index in [-0.39, 0.29) is 6.03 Å². The molecule has 2 N–H and O–H groups in total. The van der Waals surface area contributed by atoms with Gasteiger partial charge in [0.2, 0.25) is 12.2 Å². The zero-order valence-electron chi connectivity index (χ0n) is 13.3. The second kappa shape index (κ2) is 51.2. The van der Waals surface area contributed by atoms with E-state index in [4.69, 9.17) is 9.59 Å². The van der Waals surface area contributed by atoms with Crippen LogP contribution in [0.4, 0.5) is 4.79 Å². The average Bonchev–Trinajstić information content (AvgIpc) is 2.61. The molecule has 0 fully saturated rings. The minimum Gasteiger partial charge on any atom is -0.341 e. The summed E-state index contributed by atoms with van der Waals surface area (Å²) in [5.41, 5.74) is 0. The summed E-state index contributed by atoms with van der Waals surface area (Å²) in [7, 11) is 9.08. The third kappa shape index (κ3) is 154. The first-order chi connectivity index (χ1) is 10.5. The van der Waals surface area contributed by atoms with Crippen LogP contribution < -0.4 is 10.6 Å². The van der Waals surface area contributed by atoms with Crippen molar-refractivity contribution >= 4 is 52.9 Å². The molecule has 9 nitrogen and oxygen atoms in total. The van der Waals surface area contributed by atoms with Crippen LogP contribution in [-0.4, -0.2) is 70.8 Å². The van der Waals surface area contributed by atoms with E-state index < -0.39 is 0 Å². The van der Waals surface area contributed by atoms with E-state index in [9.17, 15) is 4.79 Å². The van der Waals surface area contributed by atoms with Crippen molar-refractivity contribution in [2.45, 2.75) is 0 Å². The van der Waals surface area contributed by atoms with Gasteiger partial charge in [-0.15, -0.1) is 0 Å². The average molecular weight is 348 g/mol. The number of hydrogen-bond acceptors (Lipinski definition) is 9. The molecule has 0 heterocycles. The fraction of sp³-hybridized carbons (Fsp3) is 0.545. The third-order valence-electron chi connectivity index (χ3n) is 0.819. The second-order valence-corrected chi connectivity index (χ2v) is 2.45. The fourth-order valence-electron chi connectivity index (χ4n) is 0.125. The monoisotopic (exact) mass is 348 g/mol. The summed E-state index contributed by atoms with van der Waals surface area (Å²) in [5, 5.41) is 9.01. The Labute approximate surface area is 140 Å². The topological polar surface area (TPSA) is 125 Å². The van der Waals surface area contributed by atoms with E-state index >= 15 is 0 Å². The Balaban J connectivity index is -0.0000000555. The maximum atomic E-state index is 9.96. The minimum absolute atomic E-state index is 0.157. The predicted molar refractivity (Wildman–Crippen MR) is 93.5 cm³/mol. The lowest BCUT2D eigenvalue weighted by molar-refractivity contribution is 0.245. The molecule has 0 aromatic heterocycles. The molecule has 0 bridgehead atoms. The van der Waals surface area contributed by atoms with Crippen LogP contribution in [0.1, 0.15) is 0 Å². The Morgan fingerprint density at radius 1 is 0.773 bits per heavy atom. The number of carbonyl (C=O) groups excluding carboxylic acids is 3. The number of isocyanates is 2. The van der Waals surface area contributed by atoms with Crippen molar-refractivity contribution in [3.05, 3.63) is 0 Å². The molecule has 0 aliphatic carbocycles. The first-order valence-corrected chi connectivity index (χ1v) is 6.02. The van der Waals surface area contributed by atoms with Crippen molar-refractivity contribution in [1.29, 1.82) is 0 Å². The highest BCUT2D eigenvalue weighted by Crippen LogP contribution is 1.48. The molecule has 0 radical (unpaired) electrons. The number of hydrogen-bond donors (Lipinski definition) is 2. The van der Waals surface area contributed by atoms with Gasteiger partial charge in [-0.2, -0.15) is 0 Å². The normalized spacial score (nSPS) is 5.00. The van der Waals surface area contributed by atoms with E-state index in [1.165, 1.54) is 26.3 Å². The number of isothiocyanates is 2. The van der Waals surface area contributed by atoms with Gasteiger partial charge in [-0.1, -0.05) is 0 Å². The summed E-state index contributed by atoms with van der Waals surface area (Å²) >= 11 is 8.27. The fourth-order valence-corrected chi connectivity index (χ4v) is 0.125. The number of nitrogens with zero attached hydrogens (tertiary/aromatic N) is 4. The minimum atomic E-state index is -0.157. The first kappa shape index (κ1) is 31.8. The number of rotatable bonds is 0. The van der Waals surface area contributed by atoms with Crippen molar-refractivity contribution in [1.82, 2.24) is 10.6 Å². The van der Waals surface area contributed by atoms with Gasteiger partial charge in [-0.3, -0.25) is 0 Å². The van der Waals surface area contributed by atoms with Gasteiger partial charge in [0.1, 0.15) is 0 Å². The Hall–Kier alpha value is -2.37. The maximum Gasteiger partial charge on any atom is 0.314 e. The Morgan fingerprint density at radius 3 is 0.955 bits per heavy atom. The smallest absolute Gasteiger partial charge is 0.314 e. The van der Waals surface area contributed by atoms with Crippen LogP contribution in [0.3, 0.4) is 0 Å². The van der Waals surface area contributed by atoms with E-state index in [0.717, 1.165) is 0 Å². The molecule has 0 unspecified atom stereocenters. The van der Waals surface area contributed by atoms with Gasteiger partial charge in [0.15, 0.2) is 0 Å². The van der Waals surface area contributed by atoms with Crippen molar-refractivity contribution in [2.24, 2.45) is 20.0 Å². The lowest BCUT2D eigenvalue weighted by atomic mass is 11.0. The van der Waals surface area contributed by atoms with Gasteiger partial charge in [0.25, 0.3) is 0 Å². The molecule has 0 aliphatic rings. The lowest BCUT2D eigenvalue weighted by Crippen LogP contribution is -2.28. The predicted octanol–water partition coefficient (Wildman–Crippen LogP) is 0.887. The number of urea groups is 1. The van der Waals surface area contributed by atoms with E-state index in [1.807, 2.05) is 0 Å². The summed E-state index contributed by atoms with van der Waals surface area (Å²) in [6, 6.07) is -0.157. The van der Waals surface area contributed by atoms with Gasteiger partial charge >= 0.3 is 6.03 Å². The van der Waals surface area contributed by atoms with Crippen LogP contribution in [0.25, 0.3) is 0 Å². The van der Waals surface area contributed by atoms with Crippen LogP contribution in [0, 0.1) is 0 Å². The largest absolute Gasteiger partial charge is 0.341 e. The lowest BCUT2D eigenvalue weighted by Gasteiger charge is -1.91. The van der Waals surface area contributed by atoms with Gasteiger partial charge in [0.05, 0.1) is 10.3 Å². The molecule has 0 saturated heterocycles. The highest BCUT2D eigenvalue weighted by molar-refractivity contribution is 7.78. The molecule has 2 amide bonds. The maximum absolute atomic E-state index is 9.96. The molecule has 0 spiro atoms. The van der Waals surface area contributed by atoms with E-state index in [2.05, 4.69) is 65.4 Å². The summed E-state index contributed by atoms with van der Waals surface area (Å²) in [6.07, 6.45) is 2.61. The SMILES string of the molecule is CN=C=O.CN=C=O.CN=C=S.CN=C=S.CNC(=O)NC. The highest BCUT2D eigenvalue weighted by Gasteiger charge is 1.81. The number of amides is 2. The summed E-state index contributed by atoms with van der Waals surface area (Å²) < 4.78 is 0. The standard InChI is InChI=1S/C3H8N2O.2C2H3NO.2C2H3NS/c1-4-3(6)5-2;4*1-3-2-4/h1-2H3,(H2,4,5,6);4*1H3. The summed E-state index contributed by atoms with van der Waals surface area (Å²) in [6.45, 7) is 0. The molecule has 0 atom stereocenters. The Morgan fingerprint density at radius 2 is 0.955 bits per heavy atom. The number of aliphatic imine (C=N–C) groups is 4. The third-order valence-corrected chi connectivity index (χ3v) is 1.18. The molecule has 0 saturated carbocycles. The number of carbonyl (C=O) groups is 1. The molecule has 124 valence electrons. The van der Waals surface area contributed by atoms with E-state index in [1.54, 1.807) is 28.2 Å². The molecular formula is C11H20N6O3S2. The van der Waals surface area contributed by atoms with Crippen molar-refractivity contribution in [3.8, 4) is 0 Å². The van der Waals surface area contributed by atoms with Crippen LogP contribution >= 0.6 is 24.4 Å². The van der Waals surface area contributed by atoms with Crippen LogP contribution in [-0.2, 0) is 9.59 Å². The van der Waals surface area contributed by atoms with E-state index in [0.29, 0.717) is 0 Å². The van der Waals surface area contributed by atoms with Gasteiger partial charge in [-0.25, -0.2) is 34.4 Å². The zero-order valence-corrected chi connectivity index (χ0v) is 15.0. The molecule has 0 rings (SSSR count). The second-order valence-electron chi connectivity index (χ2n) is 2.09. The van der Waals surface area contributed by atoms with Crippen LogP contribution in [0.5, 0.6) is 0 Å². The van der Waals surface area contributed by atoms with Crippen molar-refractivity contribution in [2.75, 3.05) is 42.3 Å². The first-order valence-electron chi connectivity index (χ1n) is 5.20. The molecular weight excluding hydrogens is 328 g/mol. The number of thiocarbonyl (C=S) groups is 2. The summed E-state index contributed by atoms with van der Waals surface area (Å²) in [4.78, 5) is 40.2.